The lowest BCUT2D eigenvalue weighted by Crippen LogP contribution is -2.46. The van der Waals surface area contributed by atoms with E-state index in [1.807, 2.05) is 20.8 Å². The zero-order valence-electron chi connectivity index (χ0n) is 11.4. The third-order valence-corrected chi connectivity index (χ3v) is 3.13. The fraction of sp³-hybridized carbons (Fsp3) is 0.833. The Morgan fingerprint density at radius 1 is 1.17 bits per heavy atom. The van der Waals surface area contributed by atoms with E-state index < -0.39 is 11.4 Å². The highest BCUT2D eigenvalue weighted by Gasteiger charge is 2.35. The molecular weight excluding hydrogens is 236 g/mol. The van der Waals surface area contributed by atoms with Crippen LogP contribution in [0, 0.1) is 5.41 Å². The Hall–Kier alpha value is -1.30. The molecule has 0 aliphatic rings. The third-order valence-electron chi connectivity index (χ3n) is 3.13. The molecule has 0 aliphatic heterocycles. The predicted molar refractivity (Wildman–Crippen MR) is 68.5 cm³/mol. The van der Waals surface area contributed by atoms with Gasteiger partial charge in [-0.05, 0) is 19.8 Å². The molecule has 6 heteroatoms. The molecule has 0 aromatic rings. The lowest BCUT2D eigenvalue weighted by molar-refractivity contribution is -0.149. The Labute approximate surface area is 108 Å². The smallest absolute Gasteiger partial charge is 0.314 e. The van der Waals surface area contributed by atoms with Crippen molar-refractivity contribution in [3.63, 3.8) is 0 Å². The number of nitrogens with one attached hydrogen (secondary N) is 2. The van der Waals surface area contributed by atoms with Crippen LogP contribution in [-0.2, 0) is 9.53 Å². The number of amides is 2. The van der Waals surface area contributed by atoms with Gasteiger partial charge in [0.2, 0.25) is 0 Å². The Bertz CT molecular complexity index is 265. The molecule has 0 aliphatic carbocycles. The van der Waals surface area contributed by atoms with Gasteiger partial charge in [0.1, 0.15) is 0 Å². The van der Waals surface area contributed by atoms with Crippen molar-refractivity contribution in [2.24, 2.45) is 5.41 Å². The minimum Gasteiger partial charge on any atom is -0.481 e. The second-order valence-electron chi connectivity index (χ2n) is 4.10. The zero-order chi connectivity index (χ0) is 14.0. The topological polar surface area (TPSA) is 87.7 Å². The summed E-state index contributed by atoms with van der Waals surface area (Å²) in [6.07, 6.45) is 0.968. The van der Waals surface area contributed by atoms with Crippen molar-refractivity contribution in [3.8, 4) is 0 Å². The molecule has 0 radical (unpaired) electrons. The summed E-state index contributed by atoms with van der Waals surface area (Å²) >= 11 is 0. The van der Waals surface area contributed by atoms with Gasteiger partial charge in [-0.2, -0.15) is 0 Å². The van der Waals surface area contributed by atoms with Gasteiger partial charge in [0.25, 0.3) is 0 Å². The van der Waals surface area contributed by atoms with Gasteiger partial charge in [0, 0.05) is 19.7 Å². The van der Waals surface area contributed by atoms with E-state index in [-0.39, 0.29) is 12.6 Å². The molecule has 0 spiro atoms. The van der Waals surface area contributed by atoms with E-state index in [4.69, 9.17) is 4.74 Å². The number of rotatable bonds is 9. The van der Waals surface area contributed by atoms with E-state index in [9.17, 15) is 14.7 Å². The molecule has 0 fully saturated rings. The highest BCUT2D eigenvalue weighted by Crippen LogP contribution is 2.25. The standard InChI is InChI=1S/C12H24N2O4/c1-4-12(5-2,10(15)16)9-14-11(17)13-7-8-18-6-3/h4-9H2,1-3H3,(H,15,16)(H2,13,14,17). The molecule has 0 heterocycles. The van der Waals surface area contributed by atoms with Crippen LogP contribution in [0.25, 0.3) is 0 Å². The summed E-state index contributed by atoms with van der Waals surface area (Å²) in [5, 5.41) is 14.4. The molecule has 0 atom stereocenters. The second kappa shape index (κ2) is 8.74. The minimum atomic E-state index is -0.878. The van der Waals surface area contributed by atoms with Gasteiger partial charge in [-0.25, -0.2) is 4.79 Å². The van der Waals surface area contributed by atoms with Crippen LogP contribution in [0.5, 0.6) is 0 Å². The predicted octanol–water partition coefficient (Wildman–Crippen LogP) is 1.21. The number of carbonyl (C=O) groups is 2. The number of carboxylic acids is 1. The number of hydrogen-bond acceptors (Lipinski definition) is 3. The monoisotopic (exact) mass is 260 g/mol. The molecule has 0 rings (SSSR count). The SMILES string of the molecule is CCOCCNC(=O)NCC(CC)(CC)C(=O)O. The van der Waals surface area contributed by atoms with Crippen molar-refractivity contribution < 1.29 is 19.4 Å². The van der Waals surface area contributed by atoms with Gasteiger partial charge in [0.05, 0.1) is 12.0 Å². The number of carboxylic acid groups (broad SMARTS) is 1. The molecule has 0 saturated carbocycles. The quantitative estimate of drug-likeness (QED) is 0.544. The molecule has 106 valence electrons. The van der Waals surface area contributed by atoms with Gasteiger partial charge < -0.3 is 20.5 Å². The van der Waals surface area contributed by atoms with Gasteiger partial charge in [-0.1, -0.05) is 13.8 Å². The van der Waals surface area contributed by atoms with Gasteiger partial charge in [-0.3, -0.25) is 4.79 Å². The fourth-order valence-corrected chi connectivity index (χ4v) is 1.57. The molecule has 6 nitrogen and oxygen atoms in total. The third kappa shape index (κ3) is 5.35. The van der Waals surface area contributed by atoms with E-state index in [0.29, 0.717) is 32.6 Å². The highest BCUT2D eigenvalue weighted by molar-refractivity contribution is 5.78. The van der Waals surface area contributed by atoms with Crippen LogP contribution in [-0.4, -0.2) is 43.4 Å². The van der Waals surface area contributed by atoms with Crippen molar-refractivity contribution in [1.29, 1.82) is 0 Å². The van der Waals surface area contributed by atoms with E-state index in [1.54, 1.807) is 0 Å². The largest absolute Gasteiger partial charge is 0.481 e. The number of urea groups is 1. The molecule has 0 unspecified atom stereocenters. The summed E-state index contributed by atoms with van der Waals surface area (Å²) in [6.45, 7) is 7.11. The minimum absolute atomic E-state index is 0.135. The first-order valence-electron chi connectivity index (χ1n) is 6.35. The highest BCUT2D eigenvalue weighted by atomic mass is 16.5. The molecule has 0 aromatic carbocycles. The van der Waals surface area contributed by atoms with Crippen LogP contribution in [0.4, 0.5) is 4.79 Å². The number of hydrogen-bond donors (Lipinski definition) is 3. The second-order valence-corrected chi connectivity index (χ2v) is 4.10. The first kappa shape index (κ1) is 16.7. The van der Waals surface area contributed by atoms with E-state index in [0.717, 1.165) is 0 Å². The Kier molecular flexibility index (Phi) is 8.11. The summed E-state index contributed by atoms with van der Waals surface area (Å²) in [4.78, 5) is 22.6. The maximum Gasteiger partial charge on any atom is 0.314 e. The summed E-state index contributed by atoms with van der Waals surface area (Å²) in [6, 6.07) is -0.359. The molecule has 3 N–H and O–H groups in total. The van der Waals surface area contributed by atoms with Gasteiger partial charge in [0.15, 0.2) is 0 Å². The van der Waals surface area contributed by atoms with Gasteiger partial charge >= 0.3 is 12.0 Å². The maximum atomic E-state index is 11.4. The van der Waals surface area contributed by atoms with Crippen molar-refractivity contribution >= 4 is 12.0 Å². The van der Waals surface area contributed by atoms with Crippen molar-refractivity contribution in [1.82, 2.24) is 10.6 Å². The van der Waals surface area contributed by atoms with Crippen LogP contribution in [0.15, 0.2) is 0 Å². The maximum absolute atomic E-state index is 11.4. The summed E-state index contributed by atoms with van der Waals surface area (Å²) < 4.78 is 5.07. The average Bonchev–Trinajstić information content (AvgIpc) is 2.36. The zero-order valence-corrected chi connectivity index (χ0v) is 11.4. The van der Waals surface area contributed by atoms with E-state index in [1.165, 1.54) is 0 Å². The van der Waals surface area contributed by atoms with Crippen LogP contribution >= 0.6 is 0 Å². The summed E-state index contributed by atoms with van der Waals surface area (Å²) in [5.41, 5.74) is -0.878. The normalized spacial score (nSPS) is 11.1. The summed E-state index contributed by atoms with van der Waals surface area (Å²) in [5.74, 6) is -0.873. The number of ether oxygens (including phenoxy) is 1. The first-order chi connectivity index (χ1) is 8.52. The lowest BCUT2D eigenvalue weighted by Gasteiger charge is -2.26. The molecule has 0 aromatic heterocycles. The van der Waals surface area contributed by atoms with Gasteiger partial charge in [-0.15, -0.1) is 0 Å². The van der Waals surface area contributed by atoms with Crippen LogP contribution in [0.1, 0.15) is 33.6 Å². The molecule has 0 saturated heterocycles. The van der Waals surface area contributed by atoms with Crippen molar-refractivity contribution in [2.45, 2.75) is 33.6 Å². The van der Waals surface area contributed by atoms with Crippen LogP contribution in [0.3, 0.4) is 0 Å². The first-order valence-corrected chi connectivity index (χ1v) is 6.35. The average molecular weight is 260 g/mol. The Morgan fingerprint density at radius 2 is 1.78 bits per heavy atom. The number of aliphatic carboxylic acids is 1. The fourth-order valence-electron chi connectivity index (χ4n) is 1.57. The van der Waals surface area contributed by atoms with Crippen molar-refractivity contribution in [3.05, 3.63) is 0 Å². The van der Waals surface area contributed by atoms with Crippen LogP contribution < -0.4 is 10.6 Å². The molecular formula is C12H24N2O4. The van der Waals surface area contributed by atoms with Crippen molar-refractivity contribution in [2.75, 3.05) is 26.3 Å². The lowest BCUT2D eigenvalue weighted by atomic mass is 9.82. The number of carbonyl (C=O) groups excluding carboxylic acids is 1. The molecule has 2 amide bonds. The summed E-state index contributed by atoms with van der Waals surface area (Å²) in [7, 11) is 0. The van der Waals surface area contributed by atoms with Crippen LogP contribution in [0.2, 0.25) is 0 Å². The van der Waals surface area contributed by atoms with E-state index in [2.05, 4.69) is 10.6 Å². The Balaban J connectivity index is 4.04. The Morgan fingerprint density at radius 3 is 2.22 bits per heavy atom. The molecule has 18 heavy (non-hydrogen) atoms. The van der Waals surface area contributed by atoms with E-state index >= 15 is 0 Å². The molecule has 0 bridgehead atoms.